The van der Waals surface area contributed by atoms with Crippen LogP contribution in [0.15, 0.2) is 249 Å². The Labute approximate surface area is 397 Å². The number of anilines is 3. The Kier molecular flexibility index (Phi) is 8.07. The van der Waals surface area contributed by atoms with E-state index in [1.165, 1.54) is 114 Å². The van der Waals surface area contributed by atoms with Gasteiger partial charge in [-0.25, -0.2) is 0 Å². The molecule has 3 heterocycles. The molecular formula is C66H41N3. The average molecular weight is 876 g/mol. The lowest BCUT2D eigenvalue weighted by atomic mass is 9.94. The number of hydrogen-bond donors (Lipinski definition) is 0. The molecule has 0 bridgehead atoms. The Hall–Kier alpha value is -9.18. The van der Waals surface area contributed by atoms with Crippen LogP contribution < -0.4 is 4.90 Å². The highest BCUT2D eigenvalue weighted by atomic mass is 15.1. The molecule has 15 rings (SSSR count). The van der Waals surface area contributed by atoms with Crippen LogP contribution in [-0.4, -0.2) is 8.97 Å². The fourth-order valence-electron chi connectivity index (χ4n) is 11.7. The van der Waals surface area contributed by atoms with Gasteiger partial charge >= 0.3 is 0 Å². The van der Waals surface area contributed by atoms with Crippen LogP contribution in [0.3, 0.4) is 0 Å². The van der Waals surface area contributed by atoms with Gasteiger partial charge in [-0.1, -0.05) is 170 Å². The average Bonchev–Trinajstić information content (AvgIpc) is 4.07. The SMILES string of the molecule is c1ccc2c(c1)c1ccccc1c1cc(N(c3ccc(-c4ccc(-n5c6ccccc6c6ccccc65)cc4)cc3)c3ccc(-c4ccc5c(c4)c4cccc6c7ccccc7n5c64)cc3)ccc21. The van der Waals surface area contributed by atoms with Crippen molar-refractivity contribution in [2.24, 2.45) is 0 Å². The van der Waals surface area contributed by atoms with Gasteiger partial charge in [-0.3, -0.25) is 0 Å². The number of para-hydroxylation sites is 4. The molecule has 0 radical (unpaired) electrons. The lowest BCUT2D eigenvalue weighted by Gasteiger charge is -2.27. The van der Waals surface area contributed by atoms with E-state index in [0.29, 0.717) is 0 Å². The molecule has 0 atom stereocenters. The normalized spacial score (nSPS) is 12.1. The van der Waals surface area contributed by atoms with Crippen molar-refractivity contribution in [3.8, 4) is 27.9 Å². The summed E-state index contributed by atoms with van der Waals surface area (Å²) in [4.78, 5) is 2.41. The quantitative estimate of drug-likeness (QED) is 0.152. The topological polar surface area (TPSA) is 12.6 Å². The maximum absolute atomic E-state index is 2.45. The van der Waals surface area contributed by atoms with Crippen LogP contribution in [0.25, 0.3) is 120 Å². The molecule has 0 unspecified atom stereocenters. The molecule has 0 aliphatic heterocycles. The lowest BCUT2D eigenvalue weighted by molar-refractivity contribution is 1.18. The molecule has 0 spiro atoms. The summed E-state index contributed by atoms with van der Waals surface area (Å²) in [7, 11) is 0. The van der Waals surface area contributed by atoms with Gasteiger partial charge in [0.05, 0.1) is 27.6 Å². The number of hydrogen-bond acceptors (Lipinski definition) is 1. The van der Waals surface area contributed by atoms with Crippen molar-refractivity contribution >= 4 is 109 Å². The van der Waals surface area contributed by atoms with E-state index in [0.717, 1.165) is 22.7 Å². The zero-order valence-corrected chi connectivity index (χ0v) is 37.5. The van der Waals surface area contributed by atoms with Crippen molar-refractivity contribution in [3.63, 3.8) is 0 Å². The minimum absolute atomic E-state index is 1.10. The monoisotopic (exact) mass is 875 g/mol. The van der Waals surface area contributed by atoms with Crippen molar-refractivity contribution < 1.29 is 0 Å². The number of nitrogens with zero attached hydrogens (tertiary/aromatic N) is 3. The van der Waals surface area contributed by atoms with Crippen LogP contribution >= 0.6 is 0 Å². The first kappa shape index (κ1) is 38.0. The summed E-state index contributed by atoms with van der Waals surface area (Å²) in [6, 6.07) is 91.7. The zero-order chi connectivity index (χ0) is 45.2. The zero-order valence-electron chi connectivity index (χ0n) is 37.5. The van der Waals surface area contributed by atoms with Gasteiger partial charge in [0, 0.05) is 55.1 Å². The van der Waals surface area contributed by atoms with Crippen LogP contribution in [0.5, 0.6) is 0 Å². The van der Waals surface area contributed by atoms with E-state index in [4.69, 9.17) is 0 Å². The second-order valence-corrected chi connectivity index (χ2v) is 18.5. The van der Waals surface area contributed by atoms with Crippen molar-refractivity contribution in [3.05, 3.63) is 249 Å². The molecule has 0 saturated heterocycles. The van der Waals surface area contributed by atoms with Crippen molar-refractivity contribution in [2.45, 2.75) is 0 Å². The van der Waals surface area contributed by atoms with E-state index in [2.05, 4.69) is 263 Å². The second-order valence-electron chi connectivity index (χ2n) is 18.5. The molecule has 3 aromatic heterocycles. The van der Waals surface area contributed by atoms with Crippen molar-refractivity contribution in [1.29, 1.82) is 0 Å². The molecule has 3 heteroatoms. The van der Waals surface area contributed by atoms with Crippen LogP contribution in [-0.2, 0) is 0 Å². The van der Waals surface area contributed by atoms with Gasteiger partial charge in [0.1, 0.15) is 0 Å². The fourth-order valence-corrected chi connectivity index (χ4v) is 11.7. The molecule has 0 fully saturated rings. The van der Waals surface area contributed by atoms with E-state index in [-0.39, 0.29) is 0 Å². The number of aromatic nitrogens is 2. The Morgan fingerprint density at radius 3 is 1.20 bits per heavy atom. The van der Waals surface area contributed by atoms with Gasteiger partial charge in [-0.2, -0.15) is 0 Å². The van der Waals surface area contributed by atoms with E-state index in [1.807, 2.05) is 0 Å². The van der Waals surface area contributed by atoms with Gasteiger partial charge in [-0.05, 0) is 133 Å². The minimum Gasteiger partial charge on any atom is -0.310 e. The van der Waals surface area contributed by atoms with Gasteiger partial charge in [0.15, 0.2) is 0 Å². The molecule has 0 saturated carbocycles. The summed E-state index contributed by atoms with van der Waals surface area (Å²) in [5.41, 5.74) is 15.4. The number of fused-ring (bicyclic) bond motifs is 15. The van der Waals surface area contributed by atoms with E-state index >= 15 is 0 Å². The van der Waals surface area contributed by atoms with Crippen LogP contribution in [0, 0.1) is 0 Å². The van der Waals surface area contributed by atoms with Gasteiger partial charge < -0.3 is 13.9 Å². The van der Waals surface area contributed by atoms with E-state index in [1.54, 1.807) is 0 Å². The maximum atomic E-state index is 2.45. The van der Waals surface area contributed by atoms with Gasteiger partial charge in [0.2, 0.25) is 0 Å². The van der Waals surface area contributed by atoms with Gasteiger partial charge in [-0.15, -0.1) is 0 Å². The lowest BCUT2D eigenvalue weighted by Crippen LogP contribution is -2.10. The summed E-state index contributed by atoms with van der Waals surface area (Å²) in [5, 5.41) is 15.3. The Morgan fingerprint density at radius 1 is 0.232 bits per heavy atom. The Morgan fingerprint density at radius 2 is 0.623 bits per heavy atom. The number of benzene rings is 12. The highest BCUT2D eigenvalue weighted by Crippen LogP contribution is 2.44. The molecule has 3 nitrogen and oxygen atoms in total. The molecule has 0 N–H and O–H groups in total. The third-order valence-electron chi connectivity index (χ3n) is 14.8. The minimum atomic E-state index is 1.10. The number of rotatable bonds is 6. The van der Waals surface area contributed by atoms with Crippen LogP contribution in [0.4, 0.5) is 17.1 Å². The summed E-state index contributed by atoms with van der Waals surface area (Å²) >= 11 is 0. The van der Waals surface area contributed by atoms with Crippen LogP contribution in [0.2, 0.25) is 0 Å². The second kappa shape index (κ2) is 14.7. The fraction of sp³-hybridized carbons (Fsp3) is 0. The maximum Gasteiger partial charge on any atom is 0.0620 e. The molecule has 0 aliphatic rings. The predicted octanol–water partition coefficient (Wildman–Crippen LogP) is 18.2. The first-order valence-corrected chi connectivity index (χ1v) is 23.8. The molecule has 320 valence electrons. The smallest absolute Gasteiger partial charge is 0.0620 e. The molecule has 15 aromatic rings. The first-order valence-electron chi connectivity index (χ1n) is 23.8. The highest BCUT2D eigenvalue weighted by Gasteiger charge is 2.20. The molecule has 12 aromatic carbocycles. The summed E-state index contributed by atoms with van der Waals surface area (Å²) in [6.07, 6.45) is 0. The Bertz CT molecular complexity index is 4430. The standard InChI is InChI=1S/C66H41N3/c1-2-14-52-50(12-1)51-13-3-4-15-53(51)60-41-49(37-38-54(52)60)67(46-31-24-42(25-32-46)43-26-35-48(36-27-43)68-62-21-8-5-16-55(62)56-17-6-9-22-63(56)68)47-33-28-44(29-34-47)45-30-39-65-61(40-45)59-20-11-19-58-57-18-7-10-23-64(57)69(65)66(58)59/h1-41H. The largest absolute Gasteiger partial charge is 0.310 e. The van der Waals surface area contributed by atoms with Crippen molar-refractivity contribution in [2.75, 3.05) is 4.90 Å². The molecule has 0 aliphatic carbocycles. The Balaban J connectivity index is 0.837. The first-order chi connectivity index (χ1) is 34.2. The van der Waals surface area contributed by atoms with E-state index in [9.17, 15) is 0 Å². The highest BCUT2D eigenvalue weighted by molar-refractivity contribution is 6.26. The van der Waals surface area contributed by atoms with E-state index < -0.39 is 0 Å². The summed E-state index contributed by atoms with van der Waals surface area (Å²) in [5.74, 6) is 0. The molecule has 0 amide bonds. The summed E-state index contributed by atoms with van der Waals surface area (Å²) in [6.45, 7) is 0. The molecular weight excluding hydrogens is 835 g/mol. The summed E-state index contributed by atoms with van der Waals surface area (Å²) < 4.78 is 4.82. The van der Waals surface area contributed by atoms with Crippen LogP contribution in [0.1, 0.15) is 0 Å². The van der Waals surface area contributed by atoms with Crippen molar-refractivity contribution in [1.82, 2.24) is 8.97 Å². The predicted molar refractivity (Wildman–Crippen MR) is 294 cm³/mol. The molecule has 69 heavy (non-hydrogen) atoms. The van der Waals surface area contributed by atoms with Gasteiger partial charge in [0.25, 0.3) is 0 Å². The third kappa shape index (κ3) is 5.62. The third-order valence-corrected chi connectivity index (χ3v) is 14.8.